The van der Waals surface area contributed by atoms with E-state index in [-0.39, 0.29) is 12.2 Å². The first kappa shape index (κ1) is 13.4. The van der Waals surface area contributed by atoms with Gasteiger partial charge in [0.05, 0.1) is 11.8 Å². The molecule has 2 rings (SSSR count). The highest BCUT2D eigenvalue weighted by Gasteiger charge is 2.18. The van der Waals surface area contributed by atoms with Gasteiger partial charge in [0.1, 0.15) is 0 Å². The van der Waals surface area contributed by atoms with E-state index in [4.69, 9.17) is 4.74 Å². The molecule has 0 fully saturated rings. The van der Waals surface area contributed by atoms with Gasteiger partial charge in [-0.15, -0.1) is 0 Å². The maximum Gasteiger partial charge on any atom is 0.414 e. The van der Waals surface area contributed by atoms with Gasteiger partial charge in [-0.3, -0.25) is 4.90 Å². The molecule has 1 amide bonds. The first-order valence-electron chi connectivity index (χ1n) is 6.59. The zero-order chi connectivity index (χ0) is 13.8. The standard InChI is InChI=1S/C16H19NO2/c1-4-17(16(18)19-12(2)3)15-11-7-9-13-8-5-6-10-14(13)15/h5-12H,4H2,1-3H3. The van der Waals surface area contributed by atoms with Crippen molar-refractivity contribution in [2.75, 3.05) is 11.4 Å². The van der Waals surface area contributed by atoms with Crippen molar-refractivity contribution in [3.8, 4) is 0 Å². The fraction of sp³-hybridized carbons (Fsp3) is 0.312. The molecular weight excluding hydrogens is 238 g/mol. The lowest BCUT2D eigenvalue weighted by Crippen LogP contribution is -2.33. The van der Waals surface area contributed by atoms with Crippen LogP contribution >= 0.6 is 0 Å². The topological polar surface area (TPSA) is 29.5 Å². The highest BCUT2D eigenvalue weighted by Crippen LogP contribution is 2.27. The van der Waals surface area contributed by atoms with Crippen LogP contribution in [0.15, 0.2) is 42.5 Å². The number of nitrogens with zero attached hydrogens (tertiary/aromatic N) is 1. The van der Waals surface area contributed by atoms with Gasteiger partial charge in [0, 0.05) is 11.9 Å². The van der Waals surface area contributed by atoms with Gasteiger partial charge in [-0.25, -0.2) is 4.79 Å². The zero-order valence-electron chi connectivity index (χ0n) is 11.6. The van der Waals surface area contributed by atoms with Crippen LogP contribution in [0.2, 0.25) is 0 Å². The average molecular weight is 257 g/mol. The van der Waals surface area contributed by atoms with Crippen molar-refractivity contribution in [3.05, 3.63) is 42.5 Å². The third-order valence-corrected chi connectivity index (χ3v) is 2.93. The Labute approximate surface area is 113 Å². The summed E-state index contributed by atoms with van der Waals surface area (Å²) >= 11 is 0. The van der Waals surface area contributed by atoms with E-state index in [1.807, 2.05) is 63.2 Å². The number of rotatable bonds is 3. The Morgan fingerprint density at radius 1 is 1.16 bits per heavy atom. The summed E-state index contributed by atoms with van der Waals surface area (Å²) in [6, 6.07) is 14.0. The summed E-state index contributed by atoms with van der Waals surface area (Å²) in [5, 5.41) is 2.18. The predicted molar refractivity (Wildman–Crippen MR) is 78.6 cm³/mol. The molecule has 3 nitrogen and oxygen atoms in total. The number of anilines is 1. The number of carbonyl (C=O) groups excluding carboxylic acids is 1. The number of benzene rings is 2. The first-order valence-corrected chi connectivity index (χ1v) is 6.59. The molecule has 0 atom stereocenters. The molecule has 0 unspecified atom stereocenters. The second-order valence-electron chi connectivity index (χ2n) is 4.68. The number of hydrogen-bond donors (Lipinski definition) is 0. The van der Waals surface area contributed by atoms with E-state index in [0.717, 1.165) is 16.5 Å². The van der Waals surface area contributed by atoms with Crippen molar-refractivity contribution in [1.29, 1.82) is 0 Å². The smallest absolute Gasteiger partial charge is 0.414 e. The second-order valence-corrected chi connectivity index (χ2v) is 4.68. The Balaban J connectivity index is 2.43. The van der Waals surface area contributed by atoms with Gasteiger partial charge in [0.25, 0.3) is 0 Å². The minimum absolute atomic E-state index is 0.114. The summed E-state index contributed by atoms with van der Waals surface area (Å²) in [6.45, 7) is 6.24. The van der Waals surface area contributed by atoms with Crippen molar-refractivity contribution in [1.82, 2.24) is 0 Å². The SMILES string of the molecule is CCN(C(=O)OC(C)C)c1cccc2ccccc12. The van der Waals surface area contributed by atoms with Gasteiger partial charge in [0.2, 0.25) is 0 Å². The molecule has 0 aliphatic heterocycles. The molecule has 0 spiro atoms. The Morgan fingerprint density at radius 3 is 2.53 bits per heavy atom. The Hall–Kier alpha value is -2.03. The van der Waals surface area contributed by atoms with E-state index < -0.39 is 0 Å². The van der Waals surface area contributed by atoms with Gasteiger partial charge >= 0.3 is 6.09 Å². The monoisotopic (exact) mass is 257 g/mol. The van der Waals surface area contributed by atoms with Crippen LogP contribution in [-0.4, -0.2) is 18.7 Å². The van der Waals surface area contributed by atoms with Gasteiger partial charge in [0.15, 0.2) is 0 Å². The summed E-state index contributed by atoms with van der Waals surface area (Å²) in [7, 11) is 0. The Bertz CT molecular complexity index is 572. The molecule has 0 bridgehead atoms. The van der Waals surface area contributed by atoms with E-state index in [0.29, 0.717) is 6.54 Å². The van der Waals surface area contributed by atoms with Crippen LogP contribution in [0.3, 0.4) is 0 Å². The largest absolute Gasteiger partial charge is 0.446 e. The number of hydrogen-bond acceptors (Lipinski definition) is 2. The van der Waals surface area contributed by atoms with E-state index in [1.54, 1.807) is 4.90 Å². The summed E-state index contributed by atoms with van der Waals surface area (Å²) in [5.74, 6) is 0. The molecule has 0 aromatic heterocycles. The molecule has 0 aliphatic rings. The van der Waals surface area contributed by atoms with Crippen LogP contribution in [0.5, 0.6) is 0 Å². The summed E-state index contributed by atoms with van der Waals surface area (Å²) in [6.07, 6.45) is -0.412. The third kappa shape index (κ3) is 2.87. The van der Waals surface area contributed by atoms with E-state index >= 15 is 0 Å². The Morgan fingerprint density at radius 2 is 1.84 bits per heavy atom. The highest BCUT2D eigenvalue weighted by molar-refractivity contribution is 6.01. The van der Waals surface area contributed by atoms with Crippen molar-refractivity contribution in [3.63, 3.8) is 0 Å². The Kier molecular flexibility index (Phi) is 4.05. The van der Waals surface area contributed by atoms with Crippen LogP contribution < -0.4 is 4.90 Å². The van der Waals surface area contributed by atoms with Crippen LogP contribution in [0.25, 0.3) is 10.8 Å². The molecule has 0 radical (unpaired) electrons. The van der Waals surface area contributed by atoms with E-state index in [1.165, 1.54) is 0 Å². The molecule has 3 heteroatoms. The predicted octanol–water partition coefficient (Wildman–Crippen LogP) is 4.21. The lowest BCUT2D eigenvalue weighted by molar-refractivity contribution is 0.123. The fourth-order valence-corrected chi connectivity index (χ4v) is 2.11. The quantitative estimate of drug-likeness (QED) is 0.824. The molecule has 19 heavy (non-hydrogen) atoms. The first-order chi connectivity index (χ1) is 9.13. The summed E-state index contributed by atoms with van der Waals surface area (Å²) in [4.78, 5) is 13.8. The maximum absolute atomic E-state index is 12.1. The van der Waals surface area contributed by atoms with Gasteiger partial charge < -0.3 is 4.74 Å². The lowest BCUT2D eigenvalue weighted by atomic mass is 10.1. The molecule has 100 valence electrons. The lowest BCUT2D eigenvalue weighted by Gasteiger charge is -2.23. The summed E-state index contributed by atoms with van der Waals surface area (Å²) in [5.41, 5.74) is 0.895. The normalized spacial score (nSPS) is 10.7. The number of ether oxygens (including phenoxy) is 1. The number of carbonyl (C=O) groups is 1. The van der Waals surface area contributed by atoms with Crippen LogP contribution in [-0.2, 0) is 4.74 Å². The number of amides is 1. The van der Waals surface area contributed by atoms with E-state index in [2.05, 4.69) is 0 Å². The molecule has 2 aromatic carbocycles. The maximum atomic E-state index is 12.1. The summed E-state index contributed by atoms with van der Waals surface area (Å²) < 4.78 is 5.29. The van der Waals surface area contributed by atoms with Crippen molar-refractivity contribution in [2.45, 2.75) is 26.9 Å². The second kappa shape index (κ2) is 5.74. The molecule has 0 saturated heterocycles. The van der Waals surface area contributed by atoms with Gasteiger partial charge in [-0.05, 0) is 32.2 Å². The van der Waals surface area contributed by atoms with Crippen LogP contribution in [0.1, 0.15) is 20.8 Å². The molecule has 0 N–H and O–H groups in total. The van der Waals surface area contributed by atoms with Crippen LogP contribution in [0, 0.1) is 0 Å². The highest BCUT2D eigenvalue weighted by atomic mass is 16.6. The van der Waals surface area contributed by atoms with Gasteiger partial charge in [-0.2, -0.15) is 0 Å². The van der Waals surface area contributed by atoms with Crippen LogP contribution in [0.4, 0.5) is 10.5 Å². The average Bonchev–Trinajstić information content (AvgIpc) is 2.39. The van der Waals surface area contributed by atoms with Crippen molar-refractivity contribution in [2.24, 2.45) is 0 Å². The fourth-order valence-electron chi connectivity index (χ4n) is 2.11. The minimum atomic E-state index is -0.297. The van der Waals surface area contributed by atoms with Crippen molar-refractivity contribution >= 4 is 22.6 Å². The molecule has 0 aliphatic carbocycles. The van der Waals surface area contributed by atoms with Crippen molar-refractivity contribution < 1.29 is 9.53 Å². The molecule has 0 saturated carbocycles. The third-order valence-electron chi connectivity index (χ3n) is 2.93. The van der Waals surface area contributed by atoms with E-state index in [9.17, 15) is 4.79 Å². The van der Waals surface area contributed by atoms with Gasteiger partial charge in [-0.1, -0.05) is 36.4 Å². The number of fused-ring (bicyclic) bond motifs is 1. The molecular formula is C16H19NO2. The minimum Gasteiger partial charge on any atom is -0.446 e. The molecule has 0 heterocycles. The molecule has 2 aromatic rings. The zero-order valence-corrected chi connectivity index (χ0v) is 11.6.